The number of halogens is 1. The second kappa shape index (κ2) is 3.62. The standard InChI is InChI=1S/C13H12BrNO2/c14-11-4-6-17-12(11)13(16)5-3-8-7-9(15)1-2-10(8)13/h1-2,4,6-7,16H,3,5,15H2. The quantitative estimate of drug-likeness (QED) is 0.795. The topological polar surface area (TPSA) is 59.4 Å². The third kappa shape index (κ3) is 1.51. The van der Waals surface area contributed by atoms with Crippen LogP contribution in [0.25, 0.3) is 0 Å². The predicted molar refractivity (Wildman–Crippen MR) is 68.6 cm³/mol. The minimum absolute atomic E-state index is 0.570. The lowest BCUT2D eigenvalue weighted by Crippen LogP contribution is -2.23. The molecule has 2 aromatic rings. The van der Waals surface area contributed by atoms with Gasteiger partial charge in [0.2, 0.25) is 0 Å². The fourth-order valence-corrected chi connectivity index (χ4v) is 3.03. The minimum Gasteiger partial charge on any atom is -0.465 e. The van der Waals surface area contributed by atoms with E-state index in [9.17, 15) is 5.11 Å². The largest absolute Gasteiger partial charge is 0.465 e. The van der Waals surface area contributed by atoms with E-state index >= 15 is 0 Å². The van der Waals surface area contributed by atoms with E-state index in [4.69, 9.17) is 10.2 Å². The van der Waals surface area contributed by atoms with Crippen LogP contribution in [-0.2, 0) is 12.0 Å². The number of aliphatic hydroxyl groups is 1. The summed E-state index contributed by atoms with van der Waals surface area (Å²) in [6.45, 7) is 0. The third-order valence-corrected chi connectivity index (χ3v) is 3.95. The highest BCUT2D eigenvalue weighted by Gasteiger charge is 2.42. The number of fused-ring (bicyclic) bond motifs is 1. The van der Waals surface area contributed by atoms with Crippen molar-refractivity contribution in [1.29, 1.82) is 0 Å². The summed E-state index contributed by atoms with van der Waals surface area (Å²) in [5.41, 5.74) is 7.43. The molecule has 1 aliphatic rings. The average Bonchev–Trinajstić information content (AvgIpc) is 2.85. The normalized spacial score (nSPS) is 22.7. The molecule has 0 amide bonds. The average molecular weight is 294 g/mol. The molecule has 0 saturated heterocycles. The molecule has 1 aromatic heterocycles. The molecule has 3 nitrogen and oxygen atoms in total. The van der Waals surface area contributed by atoms with Gasteiger partial charge in [0.1, 0.15) is 5.60 Å². The van der Waals surface area contributed by atoms with E-state index < -0.39 is 5.60 Å². The number of benzene rings is 1. The Morgan fingerprint density at radius 3 is 2.88 bits per heavy atom. The van der Waals surface area contributed by atoms with Crippen molar-refractivity contribution in [1.82, 2.24) is 0 Å². The van der Waals surface area contributed by atoms with Crippen molar-refractivity contribution in [3.05, 3.63) is 51.9 Å². The van der Waals surface area contributed by atoms with Gasteiger partial charge >= 0.3 is 0 Å². The number of hydrogen-bond donors (Lipinski definition) is 2. The number of rotatable bonds is 1. The zero-order chi connectivity index (χ0) is 12.0. The van der Waals surface area contributed by atoms with Crippen LogP contribution in [0.2, 0.25) is 0 Å². The molecule has 1 heterocycles. The minimum atomic E-state index is -1.04. The molecule has 0 spiro atoms. The highest BCUT2D eigenvalue weighted by molar-refractivity contribution is 9.10. The fourth-order valence-electron chi connectivity index (χ4n) is 2.50. The molecule has 0 radical (unpaired) electrons. The molecular weight excluding hydrogens is 282 g/mol. The molecular formula is C13H12BrNO2. The lowest BCUT2D eigenvalue weighted by molar-refractivity contribution is 0.0578. The van der Waals surface area contributed by atoms with Gasteiger partial charge in [-0.2, -0.15) is 0 Å². The molecule has 1 aliphatic carbocycles. The Balaban J connectivity index is 2.17. The van der Waals surface area contributed by atoms with Gasteiger partial charge in [-0.05, 0) is 58.1 Å². The Labute approximate surface area is 107 Å². The van der Waals surface area contributed by atoms with Gasteiger partial charge < -0.3 is 15.3 Å². The summed E-state index contributed by atoms with van der Waals surface area (Å²) in [6.07, 6.45) is 3.01. The molecule has 0 bridgehead atoms. The van der Waals surface area contributed by atoms with Crippen LogP contribution in [0.1, 0.15) is 23.3 Å². The molecule has 17 heavy (non-hydrogen) atoms. The van der Waals surface area contributed by atoms with Crippen molar-refractivity contribution in [3.8, 4) is 0 Å². The van der Waals surface area contributed by atoms with Crippen molar-refractivity contribution >= 4 is 21.6 Å². The molecule has 1 unspecified atom stereocenters. The van der Waals surface area contributed by atoms with E-state index in [1.807, 2.05) is 18.2 Å². The maximum atomic E-state index is 10.8. The van der Waals surface area contributed by atoms with Crippen LogP contribution in [0.15, 0.2) is 39.4 Å². The molecule has 0 saturated carbocycles. The van der Waals surface area contributed by atoms with Crippen molar-refractivity contribution in [2.45, 2.75) is 18.4 Å². The molecule has 0 fully saturated rings. The van der Waals surface area contributed by atoms with Gasteiger partial charge in [0.15, 0.2) is 5.76 Å². The summed E-state index contributed by atoms with van der Waals surface area (Å²) >= 11 is 3.40. The number of nitrogens with two attached hydrogens (primary N) is 1. The number of furan rings is 1. The van der Waals surface area contributed by atoms with E-state index in [2.05, 4.69) is 15.9 Å². The zero-order valence-corrected chi connectivity index (χ0v) is 10.7. The van der Waals surface area contributed by atoms with Crippen LogP contribution in [-0.4, -0.2) is 5.11 Å². The number of nitrogen functional groups attached to an aromatic ring is 1. The number of hydrogen-bond acceptors (Lipinski definition) is 3. The van der Waals surface area contributed by atoms with Gasteiger partial charge in [0.25, 0.3) is 0 Å². The Morgan fingerprint density at radius 1 is 1.35 bits per heavy atom. The third-order valence-electron chi connectivity index (χ3n) is 3.32. The molecule has 0 aliphatic heterocycles. The van der Waals surface area contributed by atoms with E-state index in [-0.39, 0.29) is 0 Å². The van der Waals surface area contributed by atoms with Crippen LogP contribution in [0.5, 0.6) is 0 Å². The monoisotopic (exact) mass is 293 g/mol. The first-order valence-corrected chi connectivity index (χ1v) is 6.25. The van der Waals surface area contributed by atoms with Gasteiger partial charge in [-0.25, -0.2) is 0 Å². The van der Waals surface area contributed by atoms with Crippen LogP contribution in [0.4, 0.5) is 5.69 Å². The molecule has 88 valence electrons. The Bertz CT molecular complexity index is 579. The van der Waals surface area contributed by atoms with Gasteiger partial charge in [-0.3, -0.25) is 0 Å². The Hall–Kier alpha value is -1.26. The number of aryl methyl sites for hydroxylation is 1. The molecule has 4 heteroatoms. The molecule has 3 N–H and O–H groups in total. The first-order chi connectivity index (χ1) is 8.11. The van der Waals surface area contributed by atoms with Crippen molar-refractivity contribution in [2.24, 2.45) is 0 Å². The van der Waals surface area contributed by atoms with Crippen LogP contribution >= 0.6 is 15.9 Å². The molecule has 1 atom stereocenters. The van der Waals surface area contributed by atoms with Crippen LogP contribution in [0.3, 0.4) is 0 Å². The highest BCUT2D eigenvalue weighted by atomic mass is 79.9. The maximum Gasteiger partial charge on any atom is 0.154 e. The fraction of sp³-hybridized carbons (Fsp3) is 0.231. The van der Waals surface area contributed by atoms with Crippen molar-refractivity contribution in [3.63, 3.8) is 0 Å². The lowest BCUT2D eigenvalue weighted by Gasteiger charge is -2.22. The summed E-state index contributed by atoms with van der Waals surface area (Å²) in [4.78, 5) is 0. The Kier molecular flexibility index (Phi) is 2.31. The Morgan fingerprint density at radius 2 is 2.18 bits per heavy atom. The van der Waals surface area contributed by atoms with Crippen LogP contribution < -0.4 is 5.73 Å². The highest BCUT2D eigenvalue weighted by Crippen LogP contribution is 2.45. The van der Waals surface area contributed by atoms with E-state index in [0.29, 0.717) is 12.2 Å². The van der Waals surface area contributed by atoms with E-state index in [1.165, 1.54) is 0 Å². The van der Waals surface area contributed by atoms with Gasteiger partial charge in [-0.1, -0.05) is 6.07 Å². The van der Waals surface area contributed by atoms with Gasteiger partial charge in [-0.15, -0.1) is 0 Å². The van der Waals surface area contributed by atoms with Crippen molar-refractivity contribution in [2.75, 3.05) is 5.73 Å². The first kappa shape index (κ1) is 10.9. The second-order valence-electron chi connectivity index (χ2n) is 4.37. The molecule has 3 rings (SSSR count). The zero-order valence-electron chi connectivity index (χ0n) is 9.11. The smallest absolute Gasteiger partial charge is 0.154 e. The first-order valence-electron chi connectivity index (χ1n) is 5.46. The second-order valence-corrected chi connectivity index (χ2v) is 5.23. The molecule has 1 aromatic carbocycles. The number of anilines is 1. The summed E-state index contributed by atoms with van der Waals surface area (Å²) < 4.78 is 6.21. The summed E-state index contributed by atoms with van der Waals surface area (Å²) in [5.74, 6) is 0.570. The van der Waals surface area contributed by atoms with Gasteiger partial charge in [0.05, 0.1) is 10.7 Å². The summed E-state index contributed by atoms with van der Waals surface area (Å²) in [6, 6.07) is 7.41. The van der Waals surface area contributed by atoms with Crippen molar-refractivity contribution < 1.29 is 9.52 Å². The summed E-state index contributed by atoms with van der Waals surface area (Å²) in [7, 11) is 0. The lowest BCUT2D eigenvalue weighted by atomic mass is 9.93. The van der Waals surface area contributed by atoms with E-state index in [0.717, 1.165) is 27.7 Å². The van der Waals surface area contributed by atoms with Crippen LogP contribution in [0, 0.1) is 0 Å². The summed E-state index contributed by atoms with van der Waals surface area (Å²) in [5, 5.41) is 10.8. The van der Waals surface area contributed by atoms with Gasteiger partial charge in [0, 0.05) is 5.69 Å². The SMILES string of the molecule is Nc1ccc2c(c1)CCC2(O)c1occc1Br. The maximum absolute atomic E-state index is 10.8. The predicted octanol–water partition coefficient (Wildman–Crippen LogP) is 2.81. The van der Waals surface area contributed by atoms with E-state index in [1.54, 1.807) is 12.3 Å².